The molecule has 0 aliphatic heterocycles. The highest BCUT2D eigenvalue weighted by molar-refractivity contribution is 5.94. The van der Waals surface area contributed by atoms with Gasteiger partial charge in [0.25, 0.3) is 0 Å². The lowest BCUT2D eigenvalue weighted by Crippen LogP contribution is -2.19. The first-order valence-corrected chi connectivity index (χ1v) is 5.47. The number of aliphatic hydroxyl groups is 2. The van der Waals surface area contributed by atoms with E-state index < -0.39 is 18.0 Å². The Morgan fingerprint density at radius 3 is 2.05 bits per heavy atom. The van der Waals surface area contributed by atoms with Crippen LogP contribution in [0.25, 0.3) is 0 Å². The first kappa shape index (κ1) is 14.9. The molecule has 1 atom stereocenters. The van der Waals surface area contributed by atoms with Crippen LogP contribution in [-0.2, 0) is 0 Å². The van der Waals surface area contributed by atoms with Gasteiger partial charge in [-0.15, -0.1) is 0 Å². The molecule has 0 spiro atoms. The van der Waals surface area contributed by atoms with Crippen LogP contribution in [0.4, 0.5) is 0 Å². The SMILES string of the molecule is O=C(O)c1cc(OCC(O)CCO)cc(C(=O)O)c1. The normalized spacial score (nSPS) is 11.9. The summed E-state index contributed by atoms with van der Waals surface area (Å²) < 4.78 is 5.11. The fourth-order valence-electron chi connectivity index (χ4n) is 1.35. The number of carbonyl (C=O) groups is 2. The summed E-state index contributed by atoms with van der Waals surface area (Å²) in [4.78, 5) is 21.7. The van der Waals surface area contributed by atoms with Crippen LogP contribution in [0.15, 0.2) is 18.2 Å². The standard InChI is InChI=1S/C12H14O7/c13-2-1-9(14)6-19-10-4-7(11(15)16)3-8(5-10)12(17)18/h3-5,9,13-14H,1-2,6H2,(H,15,16)(H,17,18). The highest BCUT2D eigenvalue weighted by atomic mass is 16.5. The highest BCUT2D eigenvalue weighted by Gasteiger charge is 2.13. The van der Waals surface area contributed by atoms with Crippen molar-refractivity contribution in [3.63, 3.8) is 0 Å². The molecule has 0 bridgehead atoms. The van der Waals surface area contributed by atoms with Crippen molar-refractivity contribution in [1.82, 2.24) is 0 Å². The highest BCUT2D eigenvalue weighted by Crippen LogP contribution is 2.18. The van der Waals surface area contributed by atoms with Gasteiger partial charge in [0.05, 0.1) is 17.2 Å². The van der Waals surface area contributed by atoms with E-state index in [0.717, 1.165) is 6.07 Å². The van der Waals surface area contributed by atoms with E-state index in [2.05, 4.69) is 0 Å². The molecule has 0 saturated carbocycles. The van der Waals surface area contributed by atoms with Crippen LogP contribution in [0.3, 0.4) is 0 Å². The largest absolute Gasteiger partial charge is 0.491 e. The summed E-state index contributed by atoms with van der Waals surface area (Å²) in [7, 11) is 0. The van der Waals surface area contributed by atoms with E-state index in [1.54, 1.807) is 0 Å². The zero-order valence-electron chi connectivity index (χ0n) is 9.94. The van der Waals surface area contributed by atoms with Crippen molar-refractivity contribution >= 4 is 11.9 Å². The minimum Gasteiger partial charge on any atom is -0.491 e. The van der Waals surface area contributed by atoms with E-state index in [9.17, 15) is 14.7 Å². The molecule has 19 heavy (non-hydrogen) atoms. The van der Waals surface area contributed by atoms with E-state index >= 15 is 0 Å². The van der Waals surface area contributed by atoms with Gasteiger partial charge in [0, 0.05) is 6.61 Å². The fraction of sp³-hybridized carbons (Fsp3) is 0.333. The zero-order valence-corrected chi connectivity index (χ0v) is 9.94. The first-order chi connectivity index (χ1) is 8.93. The van der Waals surface area contributed by atoms with E-state index in [0.29, 0.717) is 0 Å². The Morgan fingerprint density at radius 1 is 1.11 bits per heavy atom. The van der Waals surface area contributed by atoms with Crippen molar-refractivity contribution in [2.45, 2.75) is 12.5 Å². The molecule has 0 saturated heterocycles. The predicted molar refractivity (Wildman–Crippen MR) is 63.6 cm³/mol. The molecule has 7 nitrogen and oxygen atoms in total. The molecule has 104 valence electrons. The number of aromatic carboxylic acids is 2. The monoisotopic (exact) mass is 270 g/mol. The third kappa shape index (κ3) is 4.57. The molecule has 0 fully saturated rings. The van der Waals surface area contributed by atoms with Crippen LogP contribution >= 0.6 is 0 Å². The fourth-order valence-corrected chi connectivity index (χ4v) is 1.35. The van der Waals surface area contributed by atoms with Crippen LogP contribution in [-0.4, -0.2) is 51.7 Å². The van der Waals surface area contributed by atoms with Gasteiger partial charge in [0.15, 0.2) is 0 Å². The summed E-state index contributed by atoms with van der Waals surface area (Å²) in [5.74, 6) is -2.51. The smallest absolute Gasteiger partial charge is 0.335 e. The van der Waals surface area contributed by atoms with Crippen LogP contribution in [0.2, 0.25) is 0 Å². The Kier molecular flexibility index (Phi) is 5.28. The van der Waals surface area contributed by atoms with Gasteiger partial charge in [-0.3, -0.25) is 0 Å². The summed E-state index contributed by atoms with van der Waals surface area (Å²) in [6.45, 7) is -0.372. The van der Waals surface area contributed by atoms with Crippen molar-refractivity contribution in [3.8, 4) is 5.75 Å². The first-order valence-electron chi connectivity index (χ1n) is 5.47. The summed E-state index contributed by atoms with van der Waals surface area (Å²) in [5, 5.41) is 35.6. The van der Waals surface area contributed by atoms with Gasteiger partial charge in [-0.05, 0) is 24.6 Å². The van der Waals surface area contributed by atoms with Crippen molar-refractivity contribution in [1.29, 1.82) is 0 Å². The second-order valence-corrected chi connectivity index (χ2v) is 3.83. The average molecular weight is 270 g/mol. The second kappa shape index (κ2) is 6.72. The molecule has 0 amide bonds. The van der Waals surface area contributed by atoms with Crippen molar-refractivity contribution in [2.24, 2.45) is 0 Å². The van der Waals surface area contributed by atoms with Crippen LogP contribution < -0.4 is 4.74 Å². The number of carboxylic acid groups (broad SMARTS) is 2. The molecule has 1 aromatic rings. The number of hydrogen-bond donors (Lipinski definition) is 4. The van der Waals surface area contributed by atoms with Crippen molar-refractivity contribution < 1.29 is 34.8 Å². The molecule has 1 rings (SSSR count). The van der Waals surface area contributed by atoms with E-state index in [1.807, 2.05) is 0 Å². The van der Waals surface area contributed by atoms with Crippen LogP contribution in [0.5, 0.6) is 5.75 Å². The van der Waals surface area contributed by atoms with Gasteiger partial charge < -0.3 is 25.2 Å². The Balaban J connectivity index is 2.87. The molecule has 1 aromatic carbocycles. The predicted octanol–water partition coefficient (Wildman–Crippen LogP) is 0.205. The molecule has 7 heteroatoms. The maximum atomic E-state index is 10.8. The Bertz CT molecular complexity index is 437. The minimum absolute atomic E-state index is 0.0364. The third-order valence-corrected chi connectivity index (χ3v) is 2.31. The summed E-state index contributed by atoms with van der Waals surface area (Å²) >= 11 is 0. The number of ether oxygens (including phenoxy) is 1. The van der Waals surface area contributed by atoms with E-state index in [4.69, 9.17) is 20.1 Å². The Morgan fingerprint density at radius 2 is 1.63 bits per heavy atom. The van der Waals surface area contributed by atoms with Gasteiger partial charge in [0.1, 0.15) is 12.4 Å². The van der Waals surface area contributed by atoms with Gasteiger partial charge in [0.2, 0.25) is 0 Å². The van der Waals surface area contributed by atoms with Crippen LogP contribution in [0.1, 0.15) is 27.1 Å². The summed E-state index contributed by atoms with van der Waals surface area (Å²) in [5.41, 5.74) is -0.432. The summed E-state index contributed by atoms with van der Waals surface area (Å²) in [6, 6.07) is 3.35. The quantitative estimate of drug-likeness (QED) is 0.558. The summed E-state index contributed by atoms with van der Waals surface area (Å²) in [6.07, 6.45) is -0.795. The van der Waals surface area contributed by atoms with Gasteiger partial charge in [-0.1, -0.05) is 0 Å². The average Bonchev–Trinajstić information content (AvgIpc) is 2.36. The minimum atomic E-state index is -1.27. The third-order valence-electron chi connectivity index (χ3n) is 2.31. The lowest BCUT2D eigenvalue weighted by molar-refractivity contribution is 0.0695. The molecular formula is C12H14O7. The topological polar surface area (TPSA) is 124 Å². The lowest BCUT2D eigenvalue weighted by Gasteiger charge is -2.12. The van der Waals surface area contributed by atoms with E-state index in [1.165, 1.54) is 12.1 Å². The molecule has 0 aliphatic rings. The Labute approximate surface area is 108 Å². The number of rotatable bonds is 7. The number of benzene rings is 1. The van der Waals surface area contributed by atoms with Gasteiger partial charge in [-0.2, -0.15) is 0 Å². The number of hydrogen-bond acceptors (Lipinski definition) is 5. The Hall–Kier alpha value is -2.12. The maximum Gasteiger partial charge on any atom is 0.335 e. The zero-order chi connectivity index (χ0) is 14.4. The van der Waals surface area contributed by atoms with Crippen molar-refractivity contribution in [3.05, 3.63) is 29.3 Å². The molecule has 4 N–H and O–H groups in total. The molecule has 0 radical (unpaired) electrons. The molecule has 0 heterocycles. The number of aliphatic hydroxyl groups excluding tert-OH is 2. The lowest BCUT2D eigenvalue weighted by atomic mass is 10.1. The van der Waals surface area contributed by atoms with Crippen LogP contribution in [0, 0.1) is 0 Å². The molecule has 0 aromatic heterocycles. The second-order valence-electron chi connectivity index (χ2n) is 3.83. The van der Waals surface area contributed by atoms with Gasteiger partial charge in [-0.25, -0.2) is 9.59 Å². The van der Waals surface area contributed by atoms with Gasteiger partial charge >= 0.3 is 11.9 Å². The maximum absolute atomic E-state index is 10.8. The molecule has 0 aliphatic carbocycles. The molecule has 1 unspecified atom stereocenters. The molecular weight excluding hydrogens is 256 g/mol. The van der Waals surface area contributed by atoms with E-state index in [-0.39, 0.29) is 36.5 Å². The number of carboxylic acids is 2. The van der Waals surface area contributed by atoms with Crippen molar-refractivity contribution in [2.75, 3.05) is 13.2 Å².